The average Bonchev–Trinajstić information content (AvgIpc) is 2.43. The van der Waals surface area contributed by atoms with Crippen LogP contribution in [0.3, 0.4) is 0 Å². The van der Waals surface area contributed by atoms with E-state index in [9.17, 15) is 22.0 Å². The topological polar surface area (TPSA) is 69.7 Å². The lowest BCUT2D eigenvalue weighted by atomic mass is 9.50. The van der Waals surface area contributed by atoms with Gasteiger partial charge in [-0.1, -0.05) is 0 Å². The molecule has 4 aliphatic carbocycles. The van der Waals surface area contributed by atoms with Crippen molar-refractivity contribution in [1.82, 2.24) is 0 Å². The van der Waals surface area contributed by atoms with Crippen molar-refractivity contribution in [3.63, 3.8) is 0 Å². The van der Waals surface area contributed by atoms with E-state index < -0.39 is 21.3 Å². The second-order valence-corrected chi connectivity index (χ2v) is 8.89. The molecule has 0 saturated heterocycles. The van der Waals surface area contributed by atoms with E-state index >= 15 is 0 Å². The molecule has 0 spiro atoms. The molecular weight excluding hydrogens is 318 g/mol. The maximum atomic E-state index is 13.6. The van der Waals surface area contributed by atoms with Gasteiger partial charge in [-0.25, -0.2) is 4.79 Å². The van der Waals surface area contributed by atoms with Crippen LogP contribution in [0.1, 0.15) is 38.5 Å². The maximum absolute atomic E-state index is 13.6. The highest BCUT2D eigenvalue weighted by Gasteiger charge is 2.57. The average molecular weight is 338 g/mol. The Morgan fingerprint density at radius 3 is 2.00 bits per heavy atom. The van der Waals surface area contributed by atoms with Crippen molar-refractivity contribution in [3.8, 4) is 0 Å². The van der Waals surface area contributed by atoms with E-state index in [2.05, 4.69) is 4.18 Å². The molecule has 126 valence electrons. The van der Waals surface area contributed by atoms with Crippen molar-refractivity contribution in [2.24, 2.45) is 23.2 Å². The fourth-order valence-electron chi connectivity index (χ4n) is 4.98. The highest BCUT2D eigenvalue weighted by Crippen LogP contribution is 2.60. The van der Waals surface area contributed by atoms with Gasteiger partial charge in [0.05, 0.1) is 13.7 Å². The van der Waals surface area contributed by atoms with E-state index in [4.69, 9.17) is 4.74 Å². The molecule has 0 radical (unpaired) electrons. The third kappa shape index (κ3) is 2.54. The quantitative estimate of drug-likeness (QED) is 0.568. The van der Waals surface area contributed by atoms with Gasteiger partial charge in [0.25, 0.3) is 0 Å². The molecule has 4 saturated carbocycles. The summed E-state index contributed by atoms with van der Waals surface area (Å²) < 4.78 is 57.8. The SMILES string of the molecule is COS(=O)(=O)C(F)(F)C(=O)OCC12CC3CC(CC(C3)C1)C2. The summed E-state index contributed by atoms with van der Waals surface area (Å²) in [5.41, 5.74) is -0.239. The number of esters is 1. The Hall–Kier alpha value is -0.760. The first-order chi connectivity index (χ1) is 10.2. The summed E-state index contributed by atoms with van der Waals surface area (Å²) in [4.78, 5) is 11.5. The van der Waals surface area contributed by atoms with Gasteiger partial charge < -0.3 is 4.74 Å². The zero-order valence-electron chi connectivity index (χ0n) is 12.4. The Bertz CT molecular complexity index is 536. The van der Waals surface area contributed by atoms with Crippen molar-refractivity contribution in [2.45, 2.75) is 43.8 Å². The Labute approximate surface area is 128 Å². The predicted molar refractivity (Wildman–Crippen MR) is 72.4 cm³/mol. The summed E-state index contributed by atoms with van der Waals surface area (Å²) in [6.45, 7) is -0.121. The van der Waals surface area contributed by atoms with Crippen molar-refractivity contribution in [3.05, 3.63) is 0 Å². The third-order valence-corrected chi connectivity index (χ3v) is 6.68. The van der Waals surface area contributed by atoms with E-state index in [1.807, 2.05) is 0 Å². The molecule has 0 aromatic heterocycles. The predicted octanol–water partition coefficient (Wildman–Crippen LogP) is 2.32. The Morgan fingerprint density at radius 2 is 1.59 bits per heavy atom. The number of hydrogen-bond acceptors (Lipinski definition) is 5. The minimum absolute atomic E-state index is 0.121. The largest absolute Gasteiger partial charge is 0.466 e. The van der Waals surface area contributed by atoms with Crippen LogP contribution in [-0.2, 0) is 23.8 Å². The molecule has 5 nitrogen and oxygen atoms in total. The smallest absolute Gasteiger partial charge is 0.460 e. The van der Waals surface area contributed by atoms with Gasteiger partial charge in [-0.2, -0.15) is 17.2 Å². The van der Waals surface area contributed by atoms with Crippen molar-refractivity contribution >= 4 is 16.1 Å². The number of rotatable bonds is 5. The number of hydrogen-bond donors (Lipinski definition) is 0. The first kappa shape index (κ1) is 16.1. The van der Waals surface area contributed by atoms with Crippen LogP contribution in [0.4, 0.5) is 8.78 Å². The minimum Gasteiger partial charge on any atom is -0.460 e. The van der Waals surface area contributed by atoms with E-state index in [0.29, 0.717) is 24.9 Å². The second kappa shape index (κ2) is 5.12. The van der Waals surface area contributed by atoms with Gasteiger partial charge in [0, 0.05) is 5.41 Å². The lowest BCUT2D eigenvalue weighted by Gasteiger charge is -2.56. The highest BCUT2D eigenvalue weighted by atomic mass is 32.2. The number of carbonyl (C=O) groups excluding carboxylic acids is 1. The molecule has 4 fully saturated rings. The number of ether oxygens (including phenoxy) is 1. The van der Waals surface area contributed by atoms with E-state index in [1.54, 1.807) is 0 Å². The van der Waals surface area contributed by atoms with Crippen molar-refractivity contribution in [2.75, 3.05) is 13.7 Å². The highest BCUT2D eigenvalue weighted by molar-refractivity contribution is 7.88. The molecule has 0 aromatic rings. The fraction of sp³-hybridized carbons (Fsp3) is 0.929. The van der Waals surface area contributed by atoms with Crippen LogP contribution in [0, 0.1) is 23.2 Å². The zero-order chi connectivity index (χ0) is 16.2. The monoisotopic (exact) mass is 338 g/mol. The van der Waals surface area contributed by atoms with E-state index in [0.717, 1.165) is 19.3 Å². The standard InChI is InChI=1S/C14H20F2O5S/c1-20-22(18,19)14(15,16)12(17)21-8-13-5-9-2-10(6-13)4-11(3-9)7-13/h9-11H,2-8H2,1H3. The molecule has 22 heavy (non-hydrogen) atoms. The van der Waals surface area contributed by atoms with Gasteiger partial charge in [-0.15, -0.1) is 0 Å². The Balaban J connectivity index is 1.67. The maximum Gasteiger partial charge on any atom is 0.466 e. The lowest BCUT2D eigenvalue weighted by Crippen LogP contribution is -2.49. The van der Waals surface area contributed by atoms with Crippen LogP contribution in [0.2, 0.25) is 0 Å². The lowest BCUT2D eigenvalue weighted by molar-refractivity contribution is -0.172. The van der Waals surface area contributed by atoms with Crippen LogP contribution < -0.4 is 0 Å². The Morgan fingerprint density at radius 1 is 1.14 bits per heavy atom. The molecule has 0 unspecified atom stereocenters. The molecule has 0 heterocycles. The summed E-state index contributed by atoms with van der Waals surface area (Å²) in [5, 5.41) is -4.66. The molecule has 0 amide bonds. The molecule has 0 N–H and O–H groups in total. The first-order valence-electron chi connectivity index (χ1n) is 7.53. The summed E-state index contributed by atoms with van der Waals surface area (Å²) in [5.74, 6) is -0.264. The van der Waals surface area contributed by atoms with Crippen LogP contribution in [-0.4, -0.2) is 33.4 Å². The molecule has 4 rings (SSSR count). The molecular formula is C14H20F2O5S. The number of alkyl halides is 2. The molecule has 0 aromatic carbocycles. The van der Waals surface area contributed by atoms with Crippen LogP contribution in [0.5, 0.6) is 0 Å². The van der Waals surface area contributed by atoms with Crippen LogP contribution in [0.25, 0.3) is 0 Å². The van der Waals surface area contributed by atoms with Gasteiger partial charge in [-0.05, 0) is 56.3 Å². The summed E-state index contributed by atoms with van der Waals surface area (Å²) in [6.07, 6.45) is 6.20. The Kier molecular flexibility index (Phi) is 3.75. The summed E-state index contributed by atoms with van der Waals surface area (Å²) in [7, 11) is -4.69. The second-order valence-electron chi connectivity index (χ2n) is 7.13. The molecule has 0 atom stereocenters. The van der Waals surface area contributed by atoms with E-state index in [1.165, 1.54) is 19.3 Å². The van der Waals surface area contributed by atoms with E-state index in [-0.39, 0.29) is 12.0 Å². The van der Waals surface area contributed by atoms with Crippen molar-refractivity contribution < 1.29 is 30.9 Å². The summed E-state index contributed by atoms with van der Waals surface area (Å²) in [6, 6.07) is 0. The number of halogens is 2. The van der Waals surface area contributed by atoms with Gasteiger partial charge in [0.2, 0.25) is 0 Å². The number of carbonyl (C=O) groups is 1. The molecule has 8 heteroatoms. The van der Waals surface area contributed by atoms with Gasteiger partial charge in [0.1, 0.15) is 0 Å². The molecule has 4 aliphatic rings. The third-order valence-electron chi connectivity index (χ3n) is 5.45. The molecule has 4 bridgehead atoms. The zero-order valence-corrected chi connectivity index (χ0v) is 13.2. The normalized spacial score (nSPS) is 37.3. The van der Waals surface area contributed by atoms with Crippen molar-refractivity contribution in [1.29, 1.82) is 0 Å². The summed E-state index contributed by atoms with van der Waals surface area (Å²) >= 11 is 0. The molecule has 0 aliphatic heterocycles. The fourth-order valence-corrected chi connectivity index (χ4v) is 5.45. The minimum atomic E-state index is -5.28. The van der Waals surface area contributed by atoms with Gasteiger partial charge in [-0.3, -0.25) is 4.18 Å². The van der Waals surface area contributed by atoms with Crippen LogP contribution in [0.15, 0.2) is 0 Å². The first-order valence-corrected chi connectivity index (χ1v) is 8.93. The van der Waals surface area contributed by atoms with Gasteiger partial charge in [0.15, 0.2) is 0 Å². The van der Waals surface area contributed by atoms with Gasteiger partial charge >= 0.3 is 21.3 Å². The van der Waals surface area contributed by atoms with Crippen LogP contribution >= 0.6 is 0 Å².